The van der Waals surface area contributed by atoms with Crippen molar-refractivity contribution in [3.05, 3.63) is 0 Å². The van der Waals surface area contributed by atoms with Crippen LogP contribution in [0, 0.1) is 0 Å². The number of ether oxygens (including phenoxy) is 1. The van der Waals surface area contributed by atoms with Crippen molar-refractivity contribution in [1.82, 2.24) is 4.90 Å². The van der Waals surface area contributed by atoms with Gasteiger partial charge in [-0.1, -0.05) is 26.7 Å². The topological polar surface area (TPSA) is 29.5 Å². The largest absolute Gasteiger partial charge is 0.468 e. The zero-order valence-corrected chi connectivity index (χ0v) is 10.9. The number of carbonyl (C=O) groups excluding carboxylic acids is 1. The third-order valence-corrected chi connectivity index (χ3v) is 3.20. The van der Waals surface area contributed by atoms with Gasteiger partial charge < -0.3 is 4.74 Å². The summed E-state index contributed by atoms with van der Waals surface area (Å²) in [5, 5.41) is 0. The zero-order valence-electron chi connectivity index (χ0n) is 10.9. The first-order chi connectivity index (χ1) is 7.74. The average Bonchev–Trinajstić information content (AvgIpc) is 3.11. The van der Waals surface area contributed by atoms with E-state index in [1.165, 1.54) is 20.0 Å². The predicted molar refractivity (Wildman–Crippen MR) is 65.3 cm³/mol. The lowest BCUT2D eigenvalue weighted by Crippen LogP contribution is -2.43. The Morgan fingerprint density at radius 3 is 2.50 bits per heavy atom. The number of hydrogen-bond acceptors (Lipinski definition) is 3. The summed E-state index contributed by atoms with van der Waals surface area (Å²) in [5.74, 6) is -0.0474. The van der Waals surface area contributed by atoms with Gasteiger partial charge in [-0.2, -0.15) is 0 Å². The second-order valence-corrected chi connectivity index (χ2v) is 4.65. The molecule has 3 nitrogen and oxygen atoms in total. The van der Waals surface area contributed by atoms with Gasteiger partial charge in [0, 0.05) is 6.04 Å². The number of rotatable bonds is 8. The number of carbonyl (C=O) groups is 1. The van der Waals surface area contributed by atoms with Crippen LogP contribution in [0.2, 0.25) is 0 Å². The molecule has 0 amide bonds. The van der Waals surface area contributed by atoms with E-state index in [-0.39, 0.29) is 12.0 Å². The van der Waals surface area contributed by atoms with E-state index in [9.17, 15) is 4.79 Å². The van der Waals surface area contributed by atoms with Gasteiger partial charge in [0.25, 0.3) is 0 Å². The molecule has 94 valence electrons. The van der Waals surface area contributed by atoms with E-state index in [4.69, 9.17) is 4.74 Å². The maximum Gasteiger partial charge on any atom is 0.323 e. The summed E-state index contributed by atoms with van der Waals surface area (Å²) in [6.07, 6.45) is 6.79. The van der Waals surface area contributed by atoms with E-state index < -0.39 is 0 Å². The highest BCUT2D eigenvalue weighted by atomic mass is 16.5. The van der Waals surface area contributed by atoms with Crippen molar-refractivity contribution >= 4 is 5.97 Å². The summed E-state index contributed by atoms with van der Waals surface area (Å²) < 4.78 is 4.93. The Bertz CT molecular complexity index is 214. The van der Waals surface area contributed by atoms with Gasteiger partial charge in [0.1, 0.15) is 6.04 Å². The summed E-state index contributed by atoms with van der Waals surface area (Å²) in [6.45, 7) is 5.35. The molecule has 16 heavy (non-hydrogen) atoms. The van der Waals surface area contributed by atoms with E-state index in [2.05, 4.69) is 18.7 Å². The zero-order chi connectivity index (χ0) is 12.0. The van der Waals surface area contributed by atoms with E-state index >= 15 is 0 Å². The summed E-state index contributed by atoms with van der Waals surface area (Å²) >= 11 is 0. The highest BCUT2D eigenvalue weighted by Gasteiger charge is 2.36. The van der Waals surface area contributed by atoms with Crippen LogP contribution in [0.15, 0.2) is 0 Å². The molecule has 0 N–H and O–H groups in total. The van der Waals surface area contributed by atoms with Crippen molar-refractivity contribution in [1.29, 1.82) is 0 Å². The predicted octanol–water partition coefficient (Wildman–Crippen LogP) is 2.59. The van der Waals surface area contributed by atoms with Crippen molar-refractivity contribution in [3.63, 3.8) is 0 Å². The number of hydrogen-bond donors (Lipinski definition) is 0. The molecule has 0 aromatic heterocycles. The first-order valence-corrected chi connectivity index (χ1v) is 6.58. The molecule has 0 aliphatic heterocycles. The normalized spacial score (nSPS) is 17.5. The molecule has 0 radical (unpaired) electrons. The van der Waals surface area contributed by atoms with Crippen molar-refractivity contribution in [2.45, 2.75) is 64.5 Å². The fourth-order valence-electron chi connectivity index (χ4n) is 2.21. The molecule has 0 heterocycles. The molecule has 1 fully saturated rings. The molecule has 1 aliphatic rings. The minimum Gasteiger partial charge on any atom is -0.468 e. The SMILES string of the molecule is CCCCC(C(=O)OC)N(CCC)C1CC1. The van der Waals surface area contributed by atoms with Gasteiger partial charge in [-0.25, -0.2) is 0 Å². The van der Waals surface area contributed by atoms with Crippen LogP contribution in [-0.2, 0) is 9.53 Å². The van der Waals surface area contributed by atoms with Crippen molar-refractivity contribution in [3.8, 4) is 0 Å². The highest BCUT2D eigenvalue weighted by molar-refractivity contribution is 5.75. The minimum atomic E-state index is -0.0474. The third kappa shape index (κ3) is 3.78. The van der Waals surface area contributed by atoms with Crippen molar-refractivity contribution in [2.75, 3.05) is 13.7 Å². The molecule has 0 bridgehead atoms. The lowest BCUT2D eigenvalue weighted by molar-refractivity contribution is -0.147. The number of methoxy groups -OCH3 is 1. The molecule has 1 rings (SSSR count). The van der Waals surface area contributed by atoms with Crippen LogP contribution < -0.4 is 0 Å². The summed E-state index contributed by atoms with van der Waals surface area (Å²) in [4.78, 5) is 14.2. The van der Waals surface area contributed by atoms with Gasteiger partial charge in [0.15, 0.2) is 0 Å². The fraction of sp³-hybridized carbons (Fsp3) is 0.923. The van der Waals surface area contributed by atoms with E-state index in [0.29, 0.717) is 6.04 Å². The van der Waals surface area contributed by atoms with Gasteiger partial charge in [-0.05, 0) is 32.2 Å². The van der Waals surface area contributed by atoms with Crippen LogP contribution in [0.5, 0.6) is 0 Å². The van der Waals surface area contributed by atoms with Gasteiger partial charge in [0.2, 0.25) is 0 Å². The molecule has 3 heteroatoms. The summed E-state index contributed by atoms with van der Waals surface area (Å²) in [7, 11) is 1.50. The van der Waals surface area contributed by atoms with E-state index in [0.717, 1.165) is 32.2 Å². The maximum absolute atomic E-state index is 11.8. The first-order valence-electron chi connectivity index (χ1n) is 6.58. The number of unbranched alkanes of at least 4 members (excludes halogenated alkanes) is 1. The van der Waals surface area contributed by atoms with Gasteiger partial charge in [-0.15, -0.1) is 0 Å². The Kier molecular flexibility index (Phi) is 5.81. The molecule has 1 aliphatic carbocycles. The Hall–Kier alpha value is -0.570. The molecule has 0 aromatic carbocycles. The van der Waals surface area contributed by atoms with Crippen LogP contribution in [0.25, 0.3) is 0 Å². The first kappa shape index (κ1) is 13.5. The highest BCUT2D eigenvalue weighted by Crippen LogP contribution is 2.30. The van der Waals surface area contributed by atoms with E-state index in [1.54, 1.807) is 0 Å². The Morgan fingerprint density at radius 2 is 2.06 bits per heavy atom. The van der Waals surface area contributed by atoms with Crippen LogP contribution in [-0.4, -0.2) is 36.6 Å². The van der Waals surface area contributed by atoms with Crippen LogP contribution in [0.4, 0.5) is 0 Å². The smallest absolute Gasteiger partial charge is 0.323 e. The molecule has 0 saturated heterocycles. The minimum absolute atomic E-state index is 0.00241. The van der Waals surface area contributed by atoms with Gasteiger partial charge >= 0.3 is 5.97 Å². The Balaban J connectivity index is 2.58. The average molecular weight is 227 g/mol. The molecule has 0 aromatic rings. The maximum atomic E-state index is 11.8. The summed E-state index contributed by atoms with van der Waals surface area (Å²) in [6, 6.07) is 0.637. The van der Waals surface area contributed by atoms with Crippen molar-refractivity contribution < 1.29 is 9.53 Å². The standard InChI is InChI=1S/C13H25NO2/c1-4-6-7-12(13(15)16-3)14(10-5-2)11-8-9-11/h11-12H,4-10H2,1-3H3. The van der Waals surface area contributed by atoms with Gasteiger partial charge in [-0.3, -0.25) is 9.69 Å². The third-order valence-electron chi connectivity index (χ3n) is 3.20. The number of nitrogens with zero attached hydrogens (tertiary/aromatic N) is 1. The van der Waals surface area contributed by atoms with Crippen LogP contribution in [0.1, 0.15) is 52.4 Å². The molecular weight excluding hydrogens is 202 g/mol. The second kappa shape index (κ2) is 6.89. The lowest BCUT2D eigenvalue weighted by atomic mass is 10.1. The Labute approximate surface area is 99.1 Å². The molecular formula is C13H25NO2. The molecule has 1 atom stereocenters. The fourth-order valence-corrected chi connectivity index (χ4v) is 2.21. The molecule has 1 unspecified atom stereocenters. The summed E-state index contributed by atoms with van der Waals surface area (Å²) in [5.41, 5.74) is 0. The molecule has 0 spiro atoms. The quantitative estimate of drug-likeness (QED) is 0.597. The van der Waals surface area contributed by atoms with Crippen molar-refractivity contribution in [2.24, 2.45) is 0 Å². The monoisotopic (exact) mass is 227 g/mol. The van der Waals surface area contributed by atoms with Crippen LogP contribution in [0.3, 0.4) is 0 Å². The second-order valence-electron chi connectivity index (χ2n) is 4.65. The van der Waals surface area contributed by atoms with Gasteiger partial charge in [0.05, 0.1) is 7.11 Å². The van der Waals surface area contributed by atoms with E-state index in [1.807, 2.05) is 0 Å². The Morgan fingerprint density at radius 1 is 1.38 bits per heavy atom. The van der Waals surface area contributed by atoms with Crippen LogP contribution >= 0.6 is 0 Å². The molecule has 1 saturated carbocycles. The number of esters is 1. The lowest BCUT2D eigenvalue weighted by Gasteiger charge is -2.29.